The van der Waals surface area contributed by atoms with Crippen LogP contribution in [0.2, 0.25) is 0 Å². The number of ether oxygens (including phenoxy) is 1. The maximum Gasteiger partial charge on any atom is 0.407 e. The van der Waals surface area contributed by atoms with Crippen LogP contribution in [-0.2, 0) is 11.3 Å². The lowest BCUT2D eigenvalue weighted by molar-refractivity contribution is 0.0475. The Morgan fingerprint density at radius 2 is 1.93 bits per heavy atom. The van der Waals surface area contributed by atoms with E-state index in [1.807, 2.05) is 20.8 Å². The molecule has 0 spiro atoms. The van der Waals surface area contributed by atoms with Crippen molar-refractivity contribution < 1.29 is 18.3 Å². The molecule has 0 aliphatic carbocycles. The maximum atomic E-state index is 13.0. The summed E-state index contributed by atoms with van der Waals surface area (Å²) < 4.78 is 24.0. The number of amides is 1. The fourth-order valence-electron chi connectivity index (χ4n) is 2.93. The predicted molar refractivity (Wildman–Crippen MR) is 97.4 cm³/mol. The van der Waals surface area contributed by atoms with Crippen LogP contribution in [0.5, 0.6) is 0 Å². The Morgan fingerprint density at radius 1 is 1.26 bits per heavy atom. The van der Waals surface area contributed by atoms with Gasteiger partial charge in [-0.15, -0.1) is 10.2 Å². The molecule has 1 N–H and O–H groups in total. The van der Waals surface area contributed by atoms with Gasteiger partial charge < -0.3 is 14.5 Å². The third-order valence-electron chi connectivity index (χ3n) is 4.23. The number of halogens is 1. The van der Waals surface area contributed by atoms with Crippen LogP contribution in [0, 0.1) is 5.82 Å². The second kappa shape index (κ2) is 8.04. The first-order valence-corrected chi connectivity index (χ1v) is 9.09. The maximum absolute atomic E-state index is 13.0. The van der Waals surface area contributed by atoms with Gasteiger partial charge in [0.15, 0.2) is 0 Å². The number of benzene rings is 1. The first-order valence-electron chi connectivity index (χ1n) is 9.09. The summed E-state index contributed by atoms with van der Waals surface area (Å²) in [6, 6.07) is 6.05. The molecule has 0 saturated carbocycles. The molecule has 7 nitrogen and oxygen atoms in total. The first-order chi connectivity index (χ1) is 12.8. The number of alkyl carbamates (subject to hydrolysis) is 1. The highest BCUT2D eigenvalue weighted by molar-refractivity contribution is 5.68. The number of likely N-dealkylation sites (tertiary alicyclic amines) is 1. The summed E-state index contributed by atoms with van der Waals surface area (Å²) >= 11 is 0. The first kappa shape index (κ1) is 19.3. The van der Waals surface area contributed by atoms with E-state index in [1.54, 1.807) is 12.1 Å². The monoisotopic (exact) mass is 376 g/mol. The highest BCUT2D eigenvalue weighted by Crippen LogP contribution is 2.20. The highest BCUT2D eigenvalue weighted by Gasteiger charge is 2.24. The van der Waals surface area contributed by atoms with Crippen LogP contribution in [0.1, 0.15) is 39.5 Å². The molecule has 1 aromatic carbocycles. The van der Waals surface area contributed by atoms with Crippen LogP contribution >= 0.6 is 0 Å². The SMILES string of the molecule is CC(C)(C)OC(=O)NC1CCN(Cc2nnc(-c3ccc(F)cc3)o2)CC1. The molecule has 27 heavy (non-hydrogen) atoms. The molecule has 1 saturated heterocycles. The second-order valence-electron chi connectivity index (χ2n) is 7.70. The van der Waals surface area contributed by atoms with Crippen LogP contribution in [-0.4, -0.2) is 45.9 Å². The molecule has 146 valence electrons. The molecule has 3 rings (SSSR count). The van der Waals surface area contributed by atoms with Crippen molar-refractivity contribution in [3.05, 3.63) is 36.0 Å². The summed E-state index contributed by atoms with van der Waals surface area (Å²) in [5, 5.41) is 11.0. The third kappa shape index (κ3) is 5.75. The van der Waals surface area contributed by atoms with Gasteiger partial charge in [0.1, 0.15) is 11.4 Å². The number of aromatic nitrogens is 2. The van der Waals surface area contributed by atoms with Crippen LogP contribution in [0.3, 0.4) is 0 Å². The smallest absolute Gasteiger partial charge is 0.407 e. The second-order valence-corrected chi connectivity index (χ2v) is 7.70. The van der Waals surface area contributed by atoms with E-state index in [-0.39, 0.29) is 18.0 Å². The standard InChI is InChI=1S/C19H25FN4O3/c1-19(2,3)27-18(25)21-15-8-10-24(11-9-15)12-16-22-23-17(26-16)13-4-6-14(20)7-5-13/h4-7,15H,8-12H2,1-3H3,(H,21,25). The minimum atomic E-state index is -0.495. The van der Waals surface area contributed by atoms with Crippen molar-refractivity contribution in [3.8, 4) is 11.5 Å². The highest BCUT2D eigenvalue weighted by atomic mass is 19.1. The van der Waals surface area contributed by atoms with Crippen molar-refractivity contribution in [2.75, 3.05) is 13.1 Å². The van der Waals surface area contributed by atoms with Crippen LogP contribution in [0.25, 0.3) is 11.5 Å². The molecular formula is C19H25FN4O3. The van der Waals surface area contributed by atoms with Crippen molar-refractivity contribution in [1.82, 2.24) is 20.4 Å². The average Bonchev–Trinajstić information content (AvgIpc) is 3.04. The Bertz CT molecular complexity index is 762. The van der Waals surface area contributed by atoms with Gasteiger partial charge in [-0.3, -0.25) is 4.90 Å². The molecule has 0 bridgehead atoms. The summed E-state index contributed by atoms with van der Waals surface area (Å²) in [6.07, 6.45) is 1.29. The molecule has 2 aromatic rings. The Hall–Kier alpha value is -2.48. The largest absolute Gasteiger partial charge is 0.444 e. The van der Waals surface area contributed by atoms with E-state index in [1.165, 1.54) is 12.1 Å². The van der Waals surface area contributed by atoms with Crippen LogP contribution in [0.4, 0.5) is 9.18 Å². The van der Waals surface area contributed by atoms with Crippen molar-refractivity contribution in [3.63, 3.8) is 0 Å². The lowest BCUT2D eigenvalue weighted by Crippen LogP contribution is -2.45. The summed E-state index contributed by atoms with van der Waals surface area (Å²) in [4.78, 5) is 14.1. The van der Waals surface area contributed by atoms with E-state index in [9.17, 15) is 9.18 Å². The molecule has 0 unspecified atom stereocenters. The van der Waals surface area contributed by atoms with Crippen molar-refractivity contribution >= 4 is 6.09 Å². The lowest BCUT2D eigenvalue weighted by Gasteiger charge is -2.31. The molecule has 0 atom stereocenters. The average molecular weight is 376 g/mol. The normalized spacial score (nSPS) is 16.3. The minimum absolute atomic E-state index is 0.105. The molecule has 1 aliphatic heterocycles. The number of carbonyl (C=O) groups excluding carboxylic acids is 1. The third-order valence-corrected chi connectivity index (χ3v) is 4.23. The molecule has 1 aromatic heterocycles. The van der Waals surface area contributed by atoms with E-state index in [2.05, 4.69) is 20.4 Å². The number of hydrogen-bond acceptors (Lipinski definition) is 6. The Kier molecular flexibility index (Phi) is 5.74. The van der Waals surface area contributed by atoms with Crippen LogP contribution in [0.15, 0.2) is 28.7 Å². The zero-order valence-corrected chi connectivity index (χ0v) is 15.9. The summed E-state index contributed by atoms with van der Waals surface area (Å²) in [5.41, 5.74) is 0.195. The van der Waals surface area contributed by atoms with E-state index in [0.29, 0.717) is 23.9 Å². The number of nitrogens with zero attached hydrogens (tertiary/aromatic N) is 3. The van der Waals surface area contributed by atoms with Gasteiger partial charge in [-0.25, -0.2) is 9.18 Å². The van der Waals surface area contributed by atoms with Gasteiger partial charge in [-0.1, -0.05) is 0 Å². The predicted octanol–water partition coefficient (Wildman–Crippen LogP) is 3.36. The zero-order chi connectivity index (χ0) is 19.4. The number of piperidine rings is 1. The molecule has 1 aliphatic rings. The van der Waals surface area contributed by atoms with Crippen molar-refractivity contribution in [2.24, 2.45) is 0 Å². The lowest BCUT2D eigenvalue weighted by atomic mass is 10.1. The Balaban J connectivity index is 1.47. The van der Waals surface area contributed by atoms with Gasteiger partial charge in [0.25, 0.3) is 0 Å². The Labute approximate surface area is 157 Å². The molecular weight excluding hydrogens is 351 g/mol. The van der Waals surface area contributed by atoms with Gasteiger partial charge in [0.05, 0.1) is 6.54 Å². The zero-order valence-electron chi connectivity index (χ0n) is 15.9. The number of hydrogen-bond donors (Lipinski definition) is 1. The van der Waals surface area contributed by atoms with Gasteiger partial charge in [0.2, 0.25) is 11.8 Å². The fourth-order valence-corrected chi connectivity index (χ4v) is 2.93. The topological polar surface area (TPSA) is 80.5 Å². The van der Waals surface area contributed by atoms with E-state index < -0.39 is 5.60 Å². The molecule has 1 amide bonds. The minimum Gasteiger partial charge on any atom is -0.444 e. The van der Waals surface area contributed by atoms with Crippen molar-refractivity contribution in [1.29, 1.82) is 0 Å². The van der Waals surface area contributed by atoms with Gasteiger partial charge in [-0.05, 0) is 57.9 Å². The molecule has 8 heteroatoms. The van der Waals surface area contributed by atoms with Gasteiger partial charge in [0, 0.05) is 24.7 Å². The number of carbonyl (C=O) groups is 1. The fraction of sp³-hybridized carbons (Fsp3) is 0.526. The number of nitrogens with one attached hydrogen (secondary N) is 1. The molecule has 2 heterocycles. The molecule has 1 fully saturated rings. The molecule has 0 radical (unpaired) electrons. The van der Waals surface area contributed by atoms with Gasteiger partial charge in [-0.2, -0.15) is 0 Å². The van der Waals surface area contributed by atoms with E-state index in [0.717, 1.165) is 25.9 Å². The summed E-state index contributed by atoms with van der Waals surface area (Å²) in [6.45, 7) is 7.72. The van der Waals surface area contributed by atoms with E-state index in [4.69, 9.17) is 9.15 Å². The van der Waals surface area contributed by atoms with Gasteiger partial charge >= 0.3 is 6.09 Å². The van der Waals surface area contributed by atoms with Crippen molar-refractivity contribution in [2.45, 2.75) is 51.8 Å². The van der Waals surface area contributed by atoms with Crippen LogP contribution < -0.4 is 5.32 Å². The number of rotatable bonds is 4. The summed E-state index contributed by atoms with van der Waals surface area (Å²) in [7, 11) is 0. The quantitative estimate of drug-likeness (QED) is 0.881. The van der Waals surface area contributed by atoms with E-state index >= 15 is 0 Å². The summed E-state index contributed by atoms with van der Waals surface area (Å²) in [5.74, 6) is 0.598. The Morgan fingerprint density at radius 3 is 2.56 bits per heavy atom.